The van der Waals surface area contributed by atoms with E-state index < -0.39 is 0 Å². The lowest BCUT2D eigenvalue weighted by molar-refractivity contribution is -0.121. The highest BCUT2D eigenvalue weighted by molar-refractivity contribution is 8.01. The van der Waals surface area contributed by atoms with Crippen LogP contribution in [0.2, 0.25) is 0 Å². The fraction of sp³-hybridized carbons (Fsp3) is 0.364. The van der Waals surface area contributed by atoms with E-state index in [4.69, 9.17) is 5.73 Å². The molecule has 0 heterocycles. The van der Waals surface area contributed by atoms with E-state index in [9.17, 15) is 9.59 Å². The number of carbonyl (C=O) groups excluding carboxylic acids is 2. The highest BCUT2D eigenvalue weighted by Gasteiger charge is 2.24. The van der Waals surface area contributed by atoms with Crippen molar-refractivity contribution in [1.82, 2.24) is 5.32 Å². The number of amides is 2. The summed E-state index contributed by atoms with van der Waals surface area (Å²) < 4.78 is 0. The smallest absolute Gasteiger partial charge is 0.234 e. The van der Waals surface area contributed by atoms with Crippen molar-refractivity contribution in [2.24, 2.45) is 0 Å². The monoisotopic (exact) mass is 433 g/mol. The van der Waals surface area contributed by atoms with Gasteiger partial charge >= 0.3 is 0 Å². The zero-order valence-electron chi connectivity index (χ0n) is 16.7. The molecule has 2 aromatic carbocycles. The molecular weight excluding hydrogens is 406 g/mol. The van der Waals surface area contributed by atoms with Gasteiger partial charge in [0.1, 0.15) is 0 Å². The highest BCUT2D eigenvalue weighted by Crippen LogP contribution is 2.31. The predicted molar refractivity (Wildman–Crippen MR) is 124 cm³/mol. The number of benzene rings is 2. The number of carbonyl (C=O) groups is 2. The van der Waals surface area contributed by atoms with Gasteiger partial charge in [-0.3, -0.25) is 9.59 Å². The molecule has 0 spiro atoms. The fourth-order valence-electron chi connectivity index (χ4n) is 3.38. The van der Waals surface area contributed by atoms with Gasteiger partial charge in [-0.1, -0.05) is 23.8 Å². The molecule has 7 heteroatoms. The van der Waals surface area contributed by atoms with Crippen LogP contribution in [-0.4, -0.2) is 22.8 Å². The molecule has 5 nitrogen and oxygen atoms in total. The third-order valence-corrected chi connectivity index (χ3v) is 6.11. The minimum absolute atomic E-state index is 0. The van der Waals surface area contributed by atoms with Crippen LogP contribution in [0.1, 0.15) is 42.5 Å². The molecule has 0 saturated heterocycles. The molecule has 0 fully saturated rings. The number of rotatable bonds is 6. The fourth-order valence-corrected chi connectivity index (χ4v) is 4.08. The van der Waals surface area contributed by atoms with Gasteiger partial charge in [0, 0.05) is 11.4 Å². The van der Waals surface area contributed by atoms with Crippen molar-refractivity contribution in [3.05, 3.63) is 59.2 Å². The first-order chi connectivity index (χ1) is 13.4. The second-order valence-corrected chi connectivity index (χ2v) is 8.61. The summed E-state index contributed by atoms with van der Waals surface area (Å²) in [6, 6.07) is 13.6. The summed E-state index contributed by atoms with van der Waals surface area (Å²) in [7, 11) is 0. The molecule has 2 unspecified atom stereocenters. The summed E-state index contributed by atoms with van der Waals surface area (Å²) in [6.45, 7) is 3.84. The maximum atomic E-state index is 12.6. The largest absolute Gasteiger partial charge is 0.399 e. The standard InChI is InChI=1S/C22H27N3O2S.ClH/c1-14-6-9-18(10-7-14)24-21(26)13-28-15(2)22(27)25-20-5-3-4-16-12-17(23)8-11-19(16)20;/h6-12,15,20H,3-5,13,23H2,1-2H3,(H,24,26)(H,25,27);1H. The molecular formula is C22H28ClN3O2S. The maximum absolute atomic E-state index is 12.6. The topological polar surface area (TPSA) is 84.2 Å². The van der Waals surface area contributed by atoms with Gasteiger partial charge in [0.2, 0.25) is 11.8 Å². The maximum Gasteiger partial charge on any atom is 0.234 e. The average molecular weight is 434 g/mol. The van der Waals surface area contributed by atoms with Crippen molar-refractivity contribution in [3.8, 4) is 0 Å². The lowest BCUT2D eigenvalue weighted by Crippen LogP contribution is -2.36. The summed E-state index contributed by atoms with van der Waals surface area (Å²) in [6.07, 6.45) is 2.95. The molecule has 2 atom stereocenters. The van der Waals surface area contributed by atoms with Crippen LogP contribution >= 0.6 is 24.2 Å². The molecule has 4 N–H and O–H groups in total. The van der Waals surface area contributed by atoms with E-state index in [0.717, 1.165) is 41.8 Å². The Morgan fingerprint density at radius 3 is 2.66 bits per heavy atom. The zero-order chi connectivity index (χ0) is 20.1. The van der Waals surface area contributed by atoms with Crippen LogP contribution in [0, 0.1) is 6.92 Å². The lowest BCUT2D eigenvalue weighted by Gasteiger charge is -2.27. The highest BCUT2D eigenvalue weighted by atomic mass is 35.5. The van der Waals surface area contributed by atoms with Crippen LogP contribution in [0.5, 0.6) is 0 Å². The molecule has 156 valence electrons. The summed E-state index contributed by atoms with van der Waals surface area (Å²) >= 11 is 1.34. The SMILES string of the molecule is Cc1ccc(NC(=O)CSC(C)C(=O)NC2CCCc3cc(N)ccc32)cc1.Cl. The Bertz CT molecular complexity index is 858. The summed E-state index contributed by atoms with van der Waals surface area (Å²) in [5.41, 5.74) is 10.9. The van der Waals surface area contributed by atoms with Crippen LogP contribution in [0.4, 0.5) is 11.4 Å². The number of halogens is 1. The van der Waals surface area contributed by atoms with Gasteiger partial charge in [-0.15, -0.1) is 24.2 Å². The Hall–Kier alpha value is -2.18. The van der Waals surface area contributed by atoms with Crippen LogP contribution < -0.4 is 16.4 Å². The van der Waals surface area contributed by atoms with Gasteiger partial charge in [-0.25, -0.2) is 0 Å². The number of anilines is 2. The molecule has 0 bridgehead atoms. The molecule has 0 aromatic heterocycles. The molecule has 0 saturated carbocycles. The zero-order valence-corrected chi connectivity index (χ0v) is 18.4. The number of fused-ring (bicyclic) bond motifs is 1. The predicted octanol–water partition coefficient (Wildman–Crippen LogP) is 4.25. The minimum atomic E-state index is -0.303. The van der Waals surface area contributed by atoms with E-state index in [0.29, 0.717) is 0 Å². The first-order valence-electron chi connectivity index (χ1n) is 9.59. The van der Waals surface area contributed by atoms with Crippen LogP contribution in [0.15, 0.2) is 42.5 Å². The molecule has 1 aliphatic rings. The molecule has 0 radical (unpaired) electrons. The van der Waals surface area contributed by atoms with Crippen molar-refractivity contribution >= 4 is 47.4 Å². The molecule has 29 heavy (non-hydrogen) atoms. The van der Waals surface area contributed by atoms with Gasteiger partial charge in [0.05, 0.1) is 17.0 Å². The Kier molecular flexibility index (Phi) is 8.41. The minimum Gasteiger partial charge on any atom is -0.399 e. The third kappa shape index (κ3) is 6.41. The molecule has 1 aliphatic carbocycles. The van der Waals surface area contributed by atoms with E-state index in [2.05, 4.69) is 10.6 Å². The summed E-state index contributed by atoms with van der Waals surface area (Å²) in [5, 5.41) is 5.70. The van der Waals surface area contributed by atoms with Gasteiger partial charge in [-0.05, 0) is 68.5 Å². The van der Waals surface area contributed by atoms with Gasteiger partial charge in [-0.2, -0.15) is 0 Å². The van der Waals surface area contributed by atoms with Crippen LogP contribution in [-0.2, 0) is 16.0 Å². The number of hydrogen-bond donors (Lipinski definition) is 3. The van der Waals surface area contributed by atoms with Gasteiger partial charge in [0.25, 0.3) is 0 Å². The second kappa shape index (κ2) is 10.6. The average Bonchev–Trinajstić information content (AvgIpc) is 2.67. The van der Waals surface area contributed by atoms with Crippen molar-refractivity contribution < 1.29 is 9.59 Å². The lowest BCUT2D eigenvalue weighted by atomic mass is 9.87. The van der Waals surface area contributed by atoms with E-state index >= 15 is 0 Å². The van der Waals surface area contributed by atoms with E-state index in [1.807, 2.05) is 56.3 Å². The number of nitrogens with two attached hydrogens (primary N) is 1. The van der Waals surface area contributed by atoms with E-state index in [1.54, 1.807) is 0 Å². The van der Waals surface area contributed by atoms with Crippen molar-refractivity contribution in [2.45, 2.75) is 44.4 Å². The van der Waals surface area contributed by atoms with Crippen LogP contribution in [0.3, 0.4) is 0 Å². The van der Waals surface area contributed by atoms with Gasteiger partial charge in [0.15, 0.2) is 0 Å². The van der Waals surface area contributed by atoms with E-state index in [-0.39, 0.29) is 41.3 Å². The Morgan fingerprint density at radius 2 is 1.93 bits per heavy atom. The van der Waals surface area contributed by atoms with Crippen molar-refractivity contribution in [3.63, 3.8) is 0 Å². The Labute approximate surface area is 182 Å². The molecule has 2 aromatic rings. The molecule has 3 rings (SSSR count). The Balaban J connectivity index is 0.00000300. The normalized spacial score (nSPS) is 16.1. The quantitative estimate of drug-likeness (QED) is 0.594. The number of nitrogen functional groups attached to an aromatic ring is 1. The second-order valence-electron chi connectivity index (χ2n) is 7.28. The number of nitrogens with one attached hydrogen (secondary N) is 2. The number of hydrogen-bond acceptors (Lipinski definition) is 4. The van der Waals surface area contributed by atoms with Crippen molar-refractivity contribution in [1.29, 1.82) is 0 Å². The molecule has 2 amide bonds. The molecule has 0 aliphatic heterocycles. The summed E-state index contributed by atoms with van der Waals surface area (Å²) in [4.78, 5) is 24.7. The first kappa shape index (κ1) is 23.1. The third-order valence-electron chi connectivity index (χ3n) is 4.97. The first-order valence-corrected chi connectivity index (χ1v) is 10.6. The Morgan fingerprint density at radius 1 is 1.21 bits per heavy atom. The number of thioether (sulfide) groups is 1. The summed E-state index contributed by atoms with van der Waals surface area (Å²) in [5.74, 6) is 0.0927. The van der Waals surface area contributed by atoms with Crippen LogP contribution in [0.25, 0.3) is 0 Å². The van der Waals surface area contributed by atoms with Gasteiger partial charge < -0.3 is 16.4 Å². The van der Waals surface area contributed by atoms with Crippen molar-refractivity contribution in [2.75, 3.05) is 16.8 Å². The number of aryl methyl sites for hydroxylation is 2. The van der Waals surface area contributed by atoms with E-state index in [1.165, 1.54) is 17.3 Å².